The van der Waals surface area contributed by atoms with Crippen molar-refractivity contribution in [3.05, 3.63) is 40.2 Å². The molecule has 1 N–H and O–H groups in total. The molecule has 5 nitrogen and oxygen atoms in total. The highest BCUT2D eigenvalue weighted by Crippen LogP contribution is 2.30. The lowest BCUT2D eigenvalue weighted by atomic mass is 10.3. The molecule has 1 heterocycles. The SMILES string of the molecule is N#CCOc1ccccc1NS(=O)(=O)c1ccc(Br)s1. The Morgan fingerprint density at radius 3 is 2.70 bits per heavy atom. The summed E-state index contributed by atoms with van der Waals surface area (Å²) in [6.45, 7) is -0.150. The van der Waals surface area contributed by atoms with Crippen molar-refractivity contribution in [3.8, 4) is 11.8 Å². The molecule has 1 aromatic carbocycles. The summed E-state index contributed by atoms with van der Waals surface area (Å²) in [4.78, 5) is 0. The van der Waals surface area contributed by atoms with Crippen molar-refractivity contribution in [2.24, 2.45) is 0 Å². The average molecular weight is 373 g/mol. The lowest BCUT2D eigenvalue weighted by molar-refractivity contribution is 0.370. The molecule has 0 spiro atoms. The Morgan fingerprint density at radius 2 is 2.05 bits per heavy atom. The van der Waals surface area contributed by atoms with E-state index in [0.29, 0.717) is 11.4 Å². The van der Waals surface area contributed by atoms with Gasteiger partial charge in [0, 0.05) is 0 Å². The Hall–Kier alpha value is -1.56. The molecule has 0 unspecified atom stereocenters. The van der Waals surface area contributed by atoms with Crippen LogP contribution < -0.4 is 9.46 Å². The van der Waals surface area contributed by atoms with Gasteiger partial charge in [0.15, 0.2) is 6.61 Å². The number of para-hydroxylation sites is 2. The van der Waals surface area contributed by atoms with Gasteiger partial charge in [0.1, 0.15) is 16.0 Å². The Labute approximate surface area is 129 Å². The summed E-state index contributed by atoms with van der Waals surface area (Å²) in [5.41, 5.74) is 0.298. The first-order chi connectivity index (χ1) is 9.53. The largest absolute Gasteiger partial charge is 0.477 e. The Morgan fingerprint density at radius 1 is 1.30 bits per heavy atom. The third kappa shape index (κ3) is 3.50. The predicted octanol–water partition coefficient (Wildman–Crippen LogP) is 3.21. The molecule has 2 aromatic rings. The number of rotatable bonds is 5. The van der Waals surface area contributed by atoms with Crippen LogP contribution in [0.3, 0.4) is 0 Å². The highest BCUT2D eigenvalue weighted by atomic mass is 79.9. The van der Waals surface area contributed by atoms with Crippen molar-refractivity contribution in [1.82, 2.24) is 0 Å². The normalized spacial score (nSPS) is 10.8. The molecule has 0 fully saturated rings. The van der Waals surface area contributed by atoms with Crippen molar-refractivity contribution >= 4 is 43.0 Å². The second-order valence-corrected chi connectivity index (χ2v) is 7.98. The lowest BCUT2D eigenvalue weighted by Gasteiger charge is -2.11. The molecule has 0 bridgehead atoms. The number of anilines is 1. The number of nitriles is 1. The zero-order valence-corrected chi connectivity index (χ0v) is 13.3. The lowest BCUT2D eigenvalue weighted by Crippen LogP contribution is -2.12. The van der Waals surface area contributed by atoms with Crippen LogP contribution in [0, 0.1) is 11.3 Å². The van der Waals surface area contributed by atoms with Gasteiger partial charge in [-0.25, -0.2) is 8.42 Å². The van der Waals surface area contributed by atoms with Crippen molar-refractivity contribution in [1.29, 1.82) is 5.26 Å². The van der Waals surface area contributed by atoms with Gasteiger partial charge >= 0.3 is 0 Å². The van der Waals surface area contributed by atoms with Crippen molar-refractivity contribution in [2.45, 2.75) is 4.21 Å². The van der Waals surface area contributed by atoms with E-state index in [1.807, 2.05) is 6.07 Å². The van der Waals surface area contributed by atoms with E-state index in [9.17, 15) is 8.42 Å². The van der Waals surface area contributed by atoms with Crippen molar-refractivity contribution in [2.75, 3.05) is 11.3 Å². The summed E-state index contributed by atoms with van der Waals surface area (Å²) in [6.07, 6.45) is 0. The van der Waals surface area contributed by atoms with E-state index in [-0.39, 0.29) is 10.8 Å². The van der Waals surface area contributed by atoms with E-state index in [0.717, 1.165) is 15.1 Å². The van der Waals surface area contributed by atoms with Crippen LogP contribution in [-0.4, -0.2) is 15.0 Å². The fourth-order valence-electron chi connectivity index (χ4n) is 1.42. The molecule has 104 valence electrons. The van der Waals surface area contributed by atoms with Crippen LogP contribution in [0.5, 0.6) is 5.75 Å². The van der Waals surface area contributed by atoms with Crippen LogP contribution in [0.2, 0.25) is 0 Å². The van der Waals surface area contributed by atoms with Crippen LogP contribution in [-0.2, 0) is 10.0 Å². The van der Waals surface area contributed by atoms with E-state index in [1.54, 1.807) is 30.3 Å². The molecular weight excluding hydrogens is 364 g/mol. The maximum Gasteiger partial charge on any atom is 0.271 e. The molecule has 0 atom stereocenters. The third-order valence-corrected chi connectivity index (χ3v) is 5.72. The summed E-state index contributed by atoms with van der Waals surface area (Å²) in [5, 5.41) is 8.51. The van der Waals surface area contributed by atoms with Crippen LogP contribution in [0.4, 0.5) is 5.69 Å². The van der Waals surface area contributed by atoms with E-state index < -0.39 is 10.0 Å². The second kappa shape index (κ2) is 6.26. The molecule has 0 radical (unpaired) electrons. The van der Waals surface area contributed by atoms with Crippen LogP contribution in [0.15, 0.2) is 44.4 Å². The van der Waals surface area contributed by atoms with E-state index in [4.69, 9.17) is 10.00 Å². The van der Waals surface area contributed by atoms with Gasteiger partial charge in [0.2, 0.25) is 0 Å². The van der Waals surface area contributed by atoms with Gasteiger partial charge in [-0.05, 0) is 40.2 Å². The molecule has 8 heteroatoms. The first-order valence-corrected chi connectivity index (χ1v) is 8.49. The molecule has 0 saturated carbocycles. The predicted molar refractivity (Wildman–Crippen MR) is 80.4 cm³/mol. The van der Waals surface area contributed by atoms with Gasteiger partial charge in [0.25, 0.3) is 10.0 Å². The molecule has 0 aliphatic rings. The highest BCUT2D eigenvalue weighted by molar-refractivity contribution is 9.11. The monoisotopic (exact) mass is 372 g/mol. The second-order valence-electron chi connectivity index (χ2n) is 3.61. The van der Waals surface area contributed by atoms with E-state index in [1.165, 1.54) is 6.07 Å². The molecular formula is C12H9BrN2O3S2. The number of sulfonamides is 1. The smallest absolute Gasteiger partial charge is 0.271 e. The molecule has 0 amide bonds. The van der Waals surface area contributed by atoms with Crippen LogP contribution in [0.25, 0.3) is 0 Å². The fourth-order valence-corrected chi connectivity index (χ4v) is 4.50. The zero-order chi connectivity index (χ0) is 14.6. The van der Waals surface area contributed by atoms with Crippen molar-refractivity contribution < 1.29 is 13.2 Å². The minimum atomic E-state index is -3.66. The van der Waals surface area contributed by atoms with Crippen molar-refractivity contribution in [3.63, 3.8) is 0 Å². The number of hydrogen-bond acceptors (Lipinski definition) is 5. The number of benzene rings is 1. The van der Waals surface area contributed by atoms with Gasteiger partial charge in [-0.15, -0.1) is 11.3 Å². The number of ether oxygens (including phenoxy) is 1. The van der Waals surface area contributed by atoms with E-state index >= 15 is 0 Å². The first kappa shape index (κ1) is 14.8. The quantitative estimate of drug-likeness (QED) is 0.873. The number of hydrogen-bond donors (Lipinski definition) is 1. The average Bonchev–Trinajstić information content (AvgIpc) is 2.85. The first-order valence-electron chi connectivity index (χ1n) is 5.40. The highest BCUT2D eigenvalue weighted by Gasteiger charge is 2.18. The van der Waals surface area contributed by atoms with Crippen LogP contribution >= 0.6 is 27.3 Å². The van der Waals surface area contributed by atoms with Gasteiger partial charge in [-0.3, -0.25) is 4.72 Å². The summed E-state index contributed by atoms with van der Waals surface area (Å²) in [5.74, 6) is 0.313. The molecule has 0 aliphatic heterocycles. The summed E-state index contributed by atoms with van der Waals surface area (Å²) in [6, 6.07) is 11.6. The fraction of sp³-hybridized carbons (Fsp3) is 0.0833. The van der Waals surface area contributed by atoms with Gasteiger partial charge in [-0.1, -0.05) is 12.1 Å². The third-order valence-electron chi connectivity index (χ3n) is 2.24. The van der Waals surface area contributed by atoms with Crippen LogP contribution in [0.1, 0.15) is 0 Å². The molecule has 0 aliphatic carbocycles. The number of nitrogens with one attached hydrogen (secondary N) is 1. The zero-order valence-electron chi connectivity index (χ0n) is 10.0. The maximum atomic E-state index is 12.2. The Bertz CT molecular complexity index is 750. The number of halogens is 1. The molecule has 20 heavy (non-hydrogen) atoms. The van der Waals surface area contributed by atoms with Gasteiger partial charge in [-0.2, -0.15) is 5.26 Å². The Balaban J connectivity index is 2.28. The Kier molecular flexibility index (Phi) is 4.65. The molecule has 1 aromatic heterocycles. The standard InChI is InChI=1S/C12H9BrN2O3S2/c13-11-5-6-12(19-11)20(16,17)15-9-3-1-2-4-10(9)18-8-7-14/h1-6,15H,8H2. The number of thiophene rings is 1. The van der Waals surface area contributed by atoms with Gasteiger partial charge in [0.05, 0.1) is 9.47 Å². The molecule has 0 saturated heterocycles. The summed E-state index contributed by atoms with van der Waals surface area (Å²) >= 11 is 4.33. The maximum absolute atomic E-state index is 12.2. The minimum absolute atomic E-state index is 0.150. The summed E-state index contributed by atoms with van der Waals surface area (Å²) in [7, 11) is -3.66. The number of nitrogens with zero attached hydrogens (tertiary/aromatic N) is 1. The minimum Gasteiger partial charge on any atom is -0.477 e. The topological polar surface area (TPSA) is 79.2 Å². The van der Waals surface area contributed by atoms with E-state index in [2.05, 4.69) is 20.7 Å². The summed E-state index contributed by atoms with van der Waals surface area (Å²) < 4.78 is 33.0. The van der Waals surface area contributed by atoms with Gasteiger partial charge < -0.3 is 4.74 Å². The molecule has 2 rings (SSSR count).